The Morgan fingerprint density at radius 2 is 1.61 bits per heavy atom. The van der Waals surface area contributed by atoms with Gasteiger partial charge in [0.2, 0.25) is 0 Å². The van der Waals surface area contributed by atoms with Crippen molar-refractivity contribution in [2.24, 2.45) is 0 Å². The molecule has 1 aliphatic rings. The van der Waals surface area contributed by atoms with Crippen molar-refractivity contribution in [3.8, 4) is 0 Å². The standard InChI is InChI=1S/C16H15ClN2O3S/c17-12-3-9-15(10-4-12)23(21,22)19-14-5-1-11(2-6-14)16(20)18-13-7-8-13/h1-6,9-10,13,19H,7-8H2,(H,18,20). The number of amides is 1. The summed E-state index contributed by atoms with van der Waals surface area (Å²) in [6, 6.07) is 12.5. The molecular weight excluding hydrogens is 336 g/mol. The molecule has 0 spiro atoms. The number of hydrogen-bond donors (Lipinski definition) is 2. The second kappa shape index (κ2) is 6.22. The summed E-state index contributed by atoms with van der Waals surface area (Å²) in [6.07, 6.45) is 2.04. The molecule has 0 radical (unpaired) electrons. The zero-order valence-electron chi connectivity index (χ0n) is 12.1. The molecule has 1 aliphatic carbocycles. The van der Waals surface area contributed by atoms with Crippen molar-refractivity contribution in [1.29, 1.82) is 0 Å². The van der Waals surface area contributed by atoms with E-state index in [-0.39, 0.29) is 16.8 Å². The molecule has 3 rings (SSSR count). The minimum Gasteiger partial charge on any atom is -0.349 e. The van der Waals surface area contributed by atoms with E-state index in [2.05, 4.69) is 10.0 Å². The van der Waals surface area contributed by atoms with Crippen LogP contribution in [0.15, 0.2) is 53.4 Å². The summed E-state index contributed by atoms with van der Waals surface area (Å²) in [6.45, 7) is 0. The Bertz CT molecular complexity index is 813. The van der Waals surface area contributed by atoms with Gasteiger partial charge in [0.15, 0.2) is 0 Å². The van der Waals surface area contributed by atoms with Gasteiger partial charge >= 0.3 is 0 Å². The van der Waals surface area contributed by atoms with Crippen molar-refractivity contribution in [3.63, 3.8) is 0 Å². The fourth-order valence-electron chi connectivity index (χ4n) is 2.01. The molecule has 2 aromatic rings. The Balaban J connectivity index is 1.71. The summed E-state index contributed by atoms with van der Waals surface area (Å²) in [4.78, 5) is 12.0. The van der Waals surface area contributed by atoms with Crippen molar-refractivity contribution in [2.45, 2.75) is 23.8 Å². The molecule has 0 aromatic heterocycles. The maximum Gasteiger partial charge on any atom is 0.261 e. The van der Waals surface area contributed by atoms with Crippen LogP contribution in [0.5, 0.6) is 0 Å². The topological polar surface area (TPSA) is 75.3 Å². The van der Waals surface area contributed by atoms with Crippen LogP contribution >= 0.6 is 11.6 Å². The van der Waals surface area contributed by atoms with Crippen LogP contribution < -0.4 is 10.0 Å². The molecule has 2 N–H and O–H groups in total. The van der Waals surface area contributed by atoms with E-state index < -0.39 is 10.0 Å². The molecule has 23 heavy (non-hydrogen) atoms. The molecule has 0 bridgehead atoms. The predicted octanol–water partition coefficient (Wildman–Crippen LogP) is 3.03. The maximum atomic E-state index is 12.3. The summed E-state index contributed by atoms with van der Waals surface area (Å²) in [5, 5.41) is 3.35. The Kier molecular flexibility index (Phi) is 4.28. The summed E-state index contributed by atoms with van der Waals surface area (Å²) >= 11 is 5.76. The summed E-state index contributed by atoms with van der Waals surface area (Å²) < 4.78 is 27.0. The first kappa shape index (κ1) is 15.8. The number of sulfonamides is 1. The molecule has 0 aliphatic heterocycles. The van der Waals surface area contributed by atoms with Gasteiger partial charge in [0.1, 0.15) is 0 Å². The number of hydrogen-bond acceptors (Lipinski definition) is 3. The van der Waals surface area contributed by atoms with Gasteiger partial charge in [0.05, 0.1) is 4.90 Å². The molecule has 5 nitrogen and oxygen atoms in total. The Hall–Kier alpha value is -2.05. The first-order valence-electron chi connectivity index (χ1n) is 7.13. The smallest absolute Gasteiger partial charge is 0.261 e. The average Bonchev–Trinajstić information content (AvgIpc) is 3.32. The summed E-state index contributed by atoms with van der Waals surface area (Å²) in [5.41, 5.74) is 0.897. The lowest BCUT2D eigenvalue weighted by Crippen LogP contribution is -2.25. The summed E-state index contributed by atoms with van der Waals surface area (Å²) in [5.74, 6) is -0.139. The lowest BCUT2D eigenvalue weighted by Gasteiger charge is -2.09. The van der Waals surface area contributed by atoms with Crippen LogP contribution in [-0.4, -0.2) is 20.4 Å². The van der Waals surface area contributed by atoms with Gasteiger partial charge in [-0.2, -0.15) is 0 Å². The number of carbonyl (C=O) groups is 1. The fraction of sp³-hybridized carbons (Fsp3) is 0.188. The number of rotatable bonds is 5. The van der Waals surface area contributed by atoms with E-state index in [0.29, 0.717) is 16.3 Å². The lowest BCUT2D eigenvalue weighted by atomic mass is 10.2. The van der Waals surface area contributed by atoms with Crippen LogP contribution in [-0.2, 0) is 10.0 Å². The van der Waals surface area contributed by atoms with Gasteiger partial charge in [-0.25, -0.2) is 8.42 Å². The molecule has 0 saturated heterocycles. The largest absolute Gasteiger partial charge is 0.349 e. The van der Waals surface area contributed by atoms with Crippen LogP contribution in [0, 0.1) is 0 Å². The van der Waals surface area contributed by atoms with Crippen LogP contribution in [0.3, 0.4) is 0 Å². The minimum absolute atomic E-state index is 0.123. The molecule has 1 fully saturated rings. The highest BCUT2D eigenvalue weighted by atomic mass is 35.5. The van der Waals surface area contributed by atoms with E-state index in [4.69, 9.17) is 11.6 Å². The SMILES string of the molecule is O=C(NC1CC1)c1ccc(NS(=O)(=O)c2ccc(Cl)cc2)cc1. The van der Waals surface area contributed by atoms with Crippen LogP contribution in [0.1, 0.15) is 23.2 Å². The third kappa shape index (κ3) is 4.03. The van der Waals surface area contributed by atoms with Crippen molar-refractivity contribution in [3.05, 3.63) is 59.1 Å². The van der Waals surface area contributed by atoms with E-state index in [1.807, 2.05) is 0 Å². The van der Waals surface area contributed by atoms with Gasteiger partial charge in [-0.15, -0.1) is 0 Å². The van der Waals surface area contributed by atoms with E-state index in [1.165, 1.54) is 24.3 Å². The van der Waals surface area contributed by atoms with Crippen molar-refractivity contribution in [1.82, 2.24) is 5.32 Å². The molecule has 0 heterocycles. The van der Waals surface area contributed by atoms with E-state index >= 15 is 0 Å². The van der Waals surface area contributed by atoms with Crippen LogP contribution in [0.2, 0.25) is 5.02 Å². The molecular formula is C16H15ClN2O3S. The number of benzene rings is 2. The van der Waals surface area contributed by atoms with E-state index in [1.54, 1.807) is 24.3 Å². The van der Waals surface area contributed by atoms with Crippen molar-refractivity contribution < 1.29 is 13.2 Å². The zero-order valence-corrected chi connectivity index (χ0v) is 13.7. The predicted molar refractivity (Wildman–Crippen MR) is 89.2 cm³/mol. The highest BCUT2D eigenvalue weighted by molar-refractivity contribution is 7.92. The second-order valence-electron chi connectivity index (χ2n) is 5.38. The number of nitrogens with one attached hydrogen (secondary N) is 2. The van der Waals surface area contributed by atoms with Gasteiger partial charge in [-0.3, -0.25) is 9.52 Å². The van der Waals surface area contributed by atoms with E-state index in [0.717, 1.165) is 12.8 Å². The number of halogens is 1. The number of anilines is 1. The highest BCUT2D eigenvalue weighted by Gasteiger charge is 2.23. The second-order valence-corrected chi connectivity index (χ2v) is 7.50. The van der Waals surface area contributed by atoms with Crippen molar-refractivity contribution >= 4 is 33.2 Å². The monoisotopic (exact) mass is 350 g/mol. The van der Waals surface area contributed by atoms with Gasteiger partial charge in [-0.05, 0) is 61.4 Å². The third-order valence-corrected chi connectivity index (χ3v) is 5.08. The molecule has 1 amide bonds. The van der Waals surface area contributed by atoms with E-state index in [9.17, 15) is 13.2 Å². The van der Waals surface area contributed by atoms with Gasteiger partial charge in [0.25, 0.3) is 15.9 Å². The molecule has 120 valence electrons. The Morgan fingerprint density at radius 3 is 2.17 bits per heavy atom. The maximum absolute atomic E-state index is 12.3. The third-order valence-electron chi connectivity index (χ3n) is 3.44. The first-order valence-corrected chi connectivity index (χ1v) is 8.99. The van der Waals surface area contributed by atoms with Crippen molar-refractivity contribution in [2.75, 3.05) is 4.72 Å². The van der Waals surface area contributed by atoms with Gasteiger partial charge in [0, 0.05) is 22.3 Å². The Labute approximate surface area is 139 Å². The van der Waals surface area contributed by atoms with Gasteiger partial charge in [-0.1, -0.05) is 11.6 Å². The average molecular weight is 351 g/mol. The first-order chi connectivity index (χ1) is 10.9. The zero-order chi connectivity index (χ0) is 16.4. The molecule has 0 unspecified atom stereocenters. The fourth-order valence-corrected chi connectivity index (χ4v) is 3.20. The molecule has 0 atom stereocenters. The van der Waals surface area contributed by atoms with Crippen LogP contribution in [0.4, 0.5) is 5.69 Å². The van der Waals surface area contributed by atoms with Crippen LogP contribution in [0.25, 0.3) is 0 Å². The Morgan fingerprint density at radius 1 is 1.00 bits per heavy atom. The molecule has 1 saturated carbocycles. The minimum atomic E-state index is -3.68. The quantitative estimate of drug-likeness (QED) is 0.870. The lowest BCUT2D eigenvalue weighted by molar-refractivity contribution is 0.0951. The number of carbonyl (C=O) groups excluding carboxylic acids is 1. The summed E-state index contributed by atoms with van der Waals surface area (Å²) in [7, 11) is -3.68. The molecule has 7 heteroatoms. The highest BCUT2D eigenvalue weighted by Crippen LogP contribution is 2.21. The molecule has 2 aromatic carbocycles. The normalized spacial score (nSPS) is 14.3. The van der Waals surface area contributed by atoms with Gasteiger partial charge < -0.3 is 5.32 Å².